The summed E-state index contributed by atoms with van der Waals surface area (Å²) in [6.45, 7) is 0. The SMILES string of the molecule is Nc1ncccc1S(=O)(=O)NC1CCCS(=O)(=O)C1. The van der Waals surface area contributed by atoms with Gasteiger partial charge in [0.1, 0.15) is 10.7 Å². The van der Waals surface area contributed by atoms with Crippen LogP contribution in [0.5, 0.6) is 0 Å². The van der Waals surface area contributed by atoms with Crippen molar-refractivity contribution in [1.82, 2.24) is 9.71 Å². The quantitative estimate of drug-likeness (QED) is 0.778. The number of nitrogens with one attached hydrogen (secondary N) is 1. The Morgan fingerprint density at radius 1 is 1.42 bits per heavy atom. The lowest BCUT2D eigenvalue weighted by Crippen LogP contribution is -2.43. The van der Waals surface area contributed by atoms with Crippen LogP contribution in [0, 0.1) is 0 Å². The van der Waals surface area contributed by atoms with Crippen molar-refractivity contribution in [1.29, 1.82) is 0 Å². The van der Waals surface area contributed by atoms with Crippen LogP contribution in [0.2, 0.25) is 0 Å². The first kappa shape index (κ1) is 14.2. The molecule has 0 saturated carbocycles. The monoisotopic (exact) mass is 305 g/mol. The fourth-order valence-electron chi connectivity index (χ4n) is 2.03. The summed E-state index contributed by atoms with van der Waals surface area (Å²) >= 11 is 0. The Balaban J connectivity index is 2.21. The van der Waals surface area contributed by atoms with Crippen molar-refractivity contribution in [3.8, 4) is 0 Å². The van der Waals surface area contributed by atoms with E-state index in [0.717, 1.165) is 0 Å². The van der Waals surface area contributed by atoms with Gasteiger partial charge in [0, 0.05) is 12.2 Å². The topological polar surface area (TPSA) is 119 Å². The molecule has 0 spiro atoms. The van der Waals surface area contributed by atoms with E-state index in [0.29, 0.717) is 12.8 Å². The number of aromatic nitrogens is 1. The van der Waals surface area contributed by atoms with E-state index in [1.54, 1.807) is 0 Å². The summed E-state index contributed by atoms with van der Waals surface area (Å²) in [7, 11) is -7.01. The van der Waals surface area contributed by atoms with Gasteiger partial charge in [-0.1, -0.05) is 0 Å². The normalized spacial score (nSPS) is 23.1. The molecular weight excluding hydrogens is 290 g/mol. The van der Waals surface area contributed by atoms with Crippen molar-refractivity contribution in [3.63, 3.8) is 0 Å². The van der Waals surface area contributed by atoms with Crippen LogP contribution in [0.15, 0.2) is 23.2 Å². The Morgan fingerprint density at radius 2 is 2.16 bits per heavy atom. The fourth-order valence-corrected chi connectivity index (χ4v) is 5.12. The summed E-state index contributed by atoms with van der Waals surface area (Å²) in [4.78, 5) is 3.58. The van der Waals surface area contributed by atoms with Crippen molar-refractivity contribution in [3.05, 3.63) is 18.3 Å². The first-order valence-corrected chi connectivity index (χ1v) is 9.04. The minimum Gasteiger partial charge on any atom is -0.383 e. The van der Waals surface area contributed by atoms with Crippen LogP contribution < -0.4 is 10.5 Å². The number of hydrogen-bond donors (Lipinski definition) is 2. The van der Waals surface area contributed by atoms with Crippen LogP contribution >= 0.6 is 0 Å². The molecule has 1 saturated heterocycles. The highest BCUT2D eigenvalue weighted by molar-refractivity contribution is 7.91. The van der Waals surface area contributed by atoms with Gasteiger partial charge in [-0.05, 0) is 25.0 Å². The molecule has 9 heteroatoms. The highest BCUT2D eigenvalue weighted by Gasteiger charge is 2.29. The van der Waals surface area contributed by atoms with E-state index in [1.165, 1.54) is 18.3 Å². The predicted molar refractivity (Wildman–Crippen MR) is 70.6 cm³/mol. The Hall–Kier alpha value is -1.19. The molecule has 1 aliphatic rings. The second-order valence-electron chi connectivity index (χ2n) is 4.46. The third kappa shape index (κ3) is 3.43. The highest BCUT2D eigenvalue weighted by Crippen LogP contribution is 2.18. The fraction of sp³-hybridized carbons (Fsp3) is 0.500. The lowest BCUT2D eigenvalue weighted by Gasteiger charge is -2.22. The number of sulfonamides is 1. The van der Waals surface area contributed by atoms with E-state index in [-0.39, 0.29) is 22.2 Å². The molecule has 2 heterocycles. The third-order valence-electron chi connectivity index (χ3n) is 2.87. The molecule has 1 aromatic rings. The molecule has 7 nitrogen and oxygen atoms in total. The van der Waals surface area contributed by atoms with Gasteiger partial charge in [0.05, 0.1) is 11.5 Å². The molecule has 1 aromatic heterocycles. The Morgan fingerprint density at radius 3 is 2.79 bits per heavy atom. The smallest absolute Gasteiger partial charge is 0.244 e. The van der Waals surface area contributed by atoms with Gasteiger partial charge < -0.3 is 5.73 Å². The molecule has 2 rings (SSSR count). The molecule has 0 aliphatic carbocycles. The Labute approximate surface area is 112 Å². The molecule has 1 atom stereocenters. The van der Waals surface area contributed by atoms with Gasteiger partial charge in [-0.15, -0.1) is 0 Å². The molecule has 1 fully saturated rings. The molecule has 19 heavy (non-hydrogen) atoms. The number of nitrogens with two attached hydrogens (primary N) is 1. The van der Waals surface area contributed by atoms with E-state index < -0.39 is 25.9 Å². The molecule has 3 N–H and O–H groups in total. The van der Waals surface area contributed by atoms with Crippen LogP contribution in [0.25, 0.3) is 0 Å². The third-order valence-corrected chi connectivity index (χ3v) is 6.26. The number of nitrogens with zero attached hydrogens (tertiary/aromatic N) is 1. The molecule has 106 valence electrons. The van der Waals surface area contributed by atoms with E-state index in [2.05, 4.69) is 9.71 Å². The van der Waals surface area contributed by atoms with Crippen molar-refractivity contribution in [2.45, 2.75) is 23.8 Å². The summed E-state index contributed by atoms with van der Waals surface area (Å²) in [6.07, 6.45) is 2.34. The van der Waals surface area contributed by atoms with Gasteiger partial charge in [0.15, 0.2) is 9.84 Å². The maximum atomic E-state index is 12.1. The van der Waals surface area contributed by atoms with Gasteiger partial charge in [0.25, 0.3) is 0 Å². The van der Waals surface area contributed by atoms with Gasteiger partial charge >= 0.3 is 0 Å². The van der Waals surface area contributed by atoms with Crippen LogP contribution in [-0.4, -0.2) is 39.4 Å². The number of rotatable bonds is 3. The van der Waals surface area contributed by atoms with Crippen LogP contribution in [0.3, 0.4) is 0 Å². The zero-order chi connectivity index (χ0) is 14.1. The summed E-state index contributed by atoms with van der Waals surface area (Å²) in [5.74, 6) is -0.166. The zero-order valence-corrected chi connectivity index (χ0v) is 11.7. The molecule has 0 amide bonds. The molecule has 1 aliphatic heterocycles. The minimum absolute atomic E-state index is 0.103. The second-order valence-corrected chi connectivity index (χ2v) is 8.37. The van der Waals surface area contributed by atoms with Crippen molar-refractivity contribution < 1.29 is 16.8 Å². The van der Waals surface area contributed by atoms with Gasteiger partial charge in [0.2, 0.25) is 10.0 Å². The number of anilines is 1. The number of nitrogen functional groups attached to an aromatic ring is 1. The zero-order valence-electron chi connectivity index (χ0n) is 10.1. The highest BCUT2D eigenvalue weighted by atomic mass is 32.2. The molecule has 0 aromatic carbocycles. The number of sulfone groups is 1. The van der Waals surface area contributed by atoms with Crippen LogP contribution in [0.4, 0.5) is 5.82 Å². The summed E-state index contributed by atoms with van der Waals surface area (Å²) in [5.41, 5.74) is 5.52. The minimum atomic E-state index is -3.84. The Bertz CT molecular complexity index is 670. The first-order chi connectivity index (χ1) is 8.80. The number of hydrogen-bond acceptors (Lipinski definition) is 6. The maximum Gasteiger partial charge on any atom is 0.244 e. The average Bonchev–Trinajstić information content (AvgIpc) is 2.27. The lowest BCUT2D eigenvalue weighted by atomic mass is 10.2. The summed E-state index contributed by atoms with van der Waals surface area (Å²) in [6, 6.07) is 2.19. The van der Waals surface area contributed by atoms with E-state index in [9.17, 15) is 16.8 Å². The van der Waals surface area contributed by atoms with Crippen molar-refractivity contribution in [2.24, 2.45) is 0 Å². The first-order valence-electron chi connectivity index (χ1n) is 5.73. The second kappa shape index (κ2) is 5.06. The van der Waals surface area contributed by atoms with E-state index >= 15 is 0 Å². The standard InChI is InChI=1S/C10H15N3O4S2/c11-10-9(4-1-5-12-10)19(16,17)13-8-3-2-6-18(14,15)7-8/h1,4-5,8,13H,2-3,6-7H2,(H2,11,12). The number of pyridine rings is 1. The lowest BCUT2D eigenvalue weighted by molar-refractivity contribution is 0.517. The van der Waals surface area contributed by atoms with Gasteiger partial charge in [-0.25, -0.2) is 26.5 Å². The van der Waals surface area contributed by atoms with E-state index in [1.807, 2.05) is 0 Å². The van der Waals surface area contributed by atoms with Crippen LogP contribution in [0.1, 0.15) is 12.8 Å². The molecular formula is C10H15N3O4S2. The maximum absolute atomic E-state index is 12.1. The summed E-state index contributed by atoms with van der Waals surface area (Å²) < 4.78 is 49.6. The van der Waals surface area contributed by atoms with Crippen LogP contribution in [-0.2, 0) is 19.9 Å². The molecule has 1 unspecified atom stereocenters. The Kier molecular flexibility index (Phi) is 3.79. The summed E-state index contributed by atoms with van der Waals surface area (Å²) in [5, 5.41) is 0. The van der Waals surface area contributed by atoms with Gasteiger partial charge in [-0.2, -0.15) is 0 Å². The average molecular weight is 305 g/mol. The largest absolute Gasteiger partial charge is 0.383 e. The molecule has 0 bridgehead atoms. The van der Waals surface area contributed by atoms with Gasteiger partial charge in [-0.3, -0.25) is 0 Å². The van der Waals surface area contributed by atoms with Crippen molar-refractivity contribution >= 4 is 25.7 Å². The molecule has 0 radical (unpaired) electrons. The predicted octanol–water partition coefficient (Wildman–Crippen LogP) is -0.481. The van der Waals surface area contributed by atoms with Crippen molar-refractivity contribution in [2.75, 3.05) is 17.2 Å². The van der Waals surface area contributed by atoms with E-state index in [4.69, 9.17) is 5.73 Å².